The molecule has 0 spiro atoms. The van der Waals surface area contributed by atoms with Gasteiger partial charge in [0.2, 0.25) is 0 Å². The summed E-state index contributed by atoms with van der Waals surface area (Å²) in [6.45, 7) is 4.18. The van der Waals surface area contributed by atoms with Crippen LogP contribution in [0.2, 0.25) is 0 Å². The van der Waals surface area contributed by atoms with E-state index < -0.39 is 26.5 Å². The fourth-order valence-corrected chi connectivity index (χ4v) is 9.27. The molecule has 0 aliphatic heterocycles. The lowest BCUT2D eigenvalue weighted by Crippen LogP contribution is -2.37. The first-order valence-corrected chi connectivity index (χ1v) is 34.7. The van der Waals surface area contributed by atoms with Crippen LogP contribution in [-0.2, 0) is 32.7 Å². The molecule has 476 valence electrons. The van der Waals surface area contributed by atoms with Crippen molar-refractivity contribution >= 4 is 19.8 Å². The molecule has 0 heterocycles. The van der Waals surface area contributed by atoms with Crippen LogP contribution in [0.1, 0.15) is 245 Å². The number of phosphoric ester groups is 1. The van der Waals surface area contributed by atoms with Gasteiger partial charge >= 0.3 is 19.8 Å². The Kier molecular flexibility index (Phi) is 59.9. The predicted molar refractivity (Wildman–Crippen MR) is 362 cm³/mol. The number of phosphoric acid groups is 1. The van der Waals surface area contributed by atoms with Gasteiger partial charge in [0.25, 0.3) is 0 Å². The maximum atomic E-state index is 12.9. The second-order valence-electron chi connectivity index (χ2n) is 22.7. The van der Waals surface area contributed by atoms with E-state index >= 15 is 0 Å². The maximum absolute atomic E-state index is 12.9. The molecular weight excluding hydrogens is 1060 g/mol. The minimum Gasteiger partial charge on any atom is -0.462 e. The van der Waals surface area contributed by atoms with E-state index in [0.717, 1.165) is 141 Å². The topological polar surface area (TPSA) is 108 Å². The molecule has 0 aromatic heterocycles. The lowest BCUT2D eigenvalue weighted by atomic mass is 10.0. The van der Waals surface area contributed by atoms with Crippen LogP contribution in [0.5, 0.6) is 0 Å². The first-order chi connectivity index (χ1) is 41.0. The molecule has 0 rings (SSSR count). The average molecular weight is 1190 g/mol. The zero-order chi connectivity index (χ0) is 61.2. The van der Waals surface area contributed by atoms with Crippen LogP contribution >= 0.6 is 7.82 Å². The number of nitrogens with zero attached hydrogens (tertiary/aromatic N) is 1. The summed E-state index contributed by atoms with van der Waals surface area (Å²) in [7, 11) is 1.45. The zero-order valence-electron chi connectivity index (χ0n) is 54.1. The Bertz CT molecular complexity index is 1970. The lowest BCUT2D eigenvalue weighted by Gasteiger charge is -2.24. The molecule has 9 nitrogen and oxygen atoms in total. The molecule has 0 aliphatic rings. The Hall–Kier alpha value is -4.37. The molecule has 0 saturated carbocycles. The summed E-state index contributed by atoms with van der Waals surface area (Å²) in [5.74, 6) is -0.822. The van der Waals surface area contributed by atoms with Crippen LogP contribution in [0.25, 0.3) is 0 Å². The molecule has 0 saturated heterocycles. The van der Waals surface area contributed by atoms with Crippen LogP contribution in [0, 0.1) is 0 Å². The van der Waals surface area contributed by atoms with Crippen molar-refractivity contribution in [2.75, 3.05) is 47.5 Å². The third kappa shape index (κ3) is 66.8. The van der Waals surface area contributed by atoms with E-state index in [1.807, 2.05) is 21.1 Å². The third-order valence-corrected chi connectivity index (χ3v) is 14.5. The van der Waals surface area contributed by atoms with Crippen LogP contribution < -0.4 is 0 Å². The van der Waals surface area contributed by atoms with Crippen molar-refractivity contribution in [3.8, 4) is 0 Å². The van der Waals surface area contributed by atoms with Crippen molar-refractivity contribution in [3.05, 3.63) is 158 Å². The highest BCUT2D eigenvalue weighted by Crippen LogP contribution is 2.43. The molecule has 0 aliphatic carbocycles. The maximum Gasteiger partial charge on any atom is 0.472 e. The second kappa shape index (κ2) is 63.1. The molecular formula is C74H123NO8P+. The van der Waals surface area contributed by atoms with Crippen molar-refractivity contribution in [2.45, 2.75) is 251 Å². The van der Waals surface area contributed by atoms with Crippen LogP contribution in [0.3, 0.4) is 0 Å². The average Bonchev–Trinajstić information content (AvgIpc) is 3.61. The number of rotatable bonds is 59. The third-order valence-electron chi connectivity index (χ3n) is 13.6. The van der Waals surface area contributed by atoms with E-state index in [0.29, 0.717) is 23.9 Å². The molecule has 2 unspecified atom stereocenters. The Balaban J connectivity index is 4.08. The highest BCUT2D eigenvalue weighted by Gasteiger charge is 2.27. The number of carbonyl (C=O) groups excluding carboxylic acids is 2. The highest BCUT2D eigenvalue weighted by molar-refractivity contribution is 7.47. The fraction of sp³-hybridized carbons (Fsp3) is 0.622. The van der Waals surface area contributed by atoms with Crippen molar-refractivity contribution < 1.29 is 42.1 Å². The van der Waals surface area contributed by atoms with E-state index in [-0.39, 0.29) is 32.0 Å². The van der Waals surface area contributed by atoms with Gasteiger partial charge in [-0.3, -0.25) is 18.6 Å². The molecule has 10 heteroatoms. The van der Waals surface area contributed by atoms with Gasteiger partial charge in [-0.05, 0) is 122 Å². The first-order valence-electron chi connectivity index (χ1n) is 33.2. The molecule has 84 heavy (non-hydrogen) atoms. The highest BCUT2D eigenvalue weighted by atomic mass is 31.2. The fourth-order valence-electron chi connectivity index (χ4n) is 8.53. The number of esters is 2. The molecule has 0 aromatic rings. The Morgan fingerprint density at radius 3 is 0.952 bits per heavy atom. The molecule has 0 fully saturated rings. The standard InChI is InChI=1S/C74H122NO8P/c1-6-8-10-12-14-16-18-20-22-24-26-27-28-29-30-31-32-33-34-35-36-37-38-39-40-41-42-43-44-45-46-47-49-51-53-55-57-59-61-63-65-67-74(77)83-72(71-82-84(78,79)81-69-68-75(3,4)5)70-80-73(76)66-64-62-60-58-56-54-52-50-48-25-23-21-19-17-15-13-11-9-7-2/h8-11,14-17,20-23,26-27,29-30,32-33,35-36,38-39,41-42,48,50,72H,6-7,12-13,18-19,24-25,28,31,34,37,40,43-47,49,51-71H2,1-5H3/p+1/b10-8-,11-9-,16-14-,17-15-,22-20-,23-21-,27-26-,30-29-,33-32-,36-35-,39-38-,42-41-,50-48-. The Morgan fingerprint density at radius 2 is 0.643 bits per heavy atom. The summed E-state index contributed by atoms with van der Waals surface area (Å²) in [6, 6.07) is 0. The van der Waals surface area contributed by atoms with Gasteiger partial charge in [-0.25, -0.2) is 4.57 Å². The predicted octanol–water partition coefficient (Wildman–Crippen LogP) is 21.6. The second-order valence-corrected chi connectivity index (χ2v) is 24.2. The number of likely N-dealkylation sites (N-methyl/N-ethyl adjacent to an activating group) is 1. The zero-order valence-corrected chi connectivity index (χ0v) is 55.0. The van der Waals surface area contributed by atoms with Gasteiger partial charge in [-0.1, -0.05) is 268 Å². The van der Waals surface area contributed by atoms with Crippen LogP contribution in [0.4, 0.5) is 0 Å². The van der Waals surface area contributed by atoms with Gasteiger partial charge in [0.05, 0.1) is 27.7 Å². The molecule has 0 bridgehead atoms. The molecule has 0 aromatic carbocycles. The molecule has 2 atom stereocenters. The van der Waals surface area contributed by atoms with Crippen molar-refractivity contribution in [2.24, 2.45) is 0 Å². The van der Waals surface area contributed by atoms with Gasteiger partial charge in [0.1, 0.15) is 19.8 Å². The minimum absolute atomic E-state index is 0.0218. The van der Waals surface area contributed by atoms with E-state index in [1.54, 1.807) is 0 Å². The van der Waals surface area contributed by atoms with E-state index in [4.69, 9.17) is 18.5 Å². The summed E-state index contributed by atoms with van der Waals surface area (Å²) in [4.78, 5) is 35.8. The lowest BCUT2D eigenvalue weighted by molar-refractivity contribution is -0.870. The number of unbranched alkanes of at least 4 members (excludes halogenated alkanes) is 19. The van der Waals surface area contributed by atoms with Gasteiger partial charge in [-0.2, -0.15) is 0 Å². The van der Waals surface area contributed by atoms with Crippen molar-refractivity contribution in [3.63, 3.8) is 0 Å². The summed E-state index contributed by atoms with van der Waals surface area (Å²) in [6.07, 6.45) is 94.8. The number of allylic oxidation sites excluding steroid dienone is 26. The summed E-state index contributed by atoms with van der Waals surface area (Å²) in [5.41, 5.74) is 0. The number of ether oxygens (including phenoxy) is 2. The monoisotopic (exact) mass is 1180 g/mol. The Morgan fingerprint density at radius 1 is 0.369 bits per heavy atom. The van der Waals surface area contributed by atoms with E-state index in [2.05, 4.69) is 172 Å². The van der Waals surface area contributed by atoms with E-state index in [1.165, 1.54) is 64.2 Å². The molecule has 0 radical (unpaired) electrons. The largest absolute Gasteiger partial charge is 0.472 e. The number of hydrogen-bond acceptors (Lipinski definition) is 7. The van der Waals surface area contributed by atoms with Crippen molar-refractivity contribution in [1.82, 2.24) is 0 Å². The number of quaternary nitrogens is 1. The number of hydrogen-bond donors (Lipinski definition) is 1. The molecule has 0 amide bonds. The van der Waals surface area contributed by atoms with Crippen LogP contribution in [-0.4, -0.2) is 74.9 Å². The quantitative estimate of drug-likeness (QED) is 0.0211. The summed E-state index contributed by atoms with van der Waals surface area (Å²) >= 11 is 0. The Labute approximate surface area is 516 Å². The first kappa shape index (κ1) is 79.6. The smallest absolute Gasteiger partial charge is 0.462 e. The van der Waals surface area contributed by atoms with Gasteiger partial charge in [0, 0.05) is 12.8 Å². The van der Waals surface area contributed by atoms with Gasteiger partial charge in [0.15, 0.2) is 6.10 Å². The van der Waals surface area contributed by atoms with Crippen LogP contribution in [0.15, 0.2) is 158 Å². The summed E-state index contributed by atoms with van der Waals surface area (Å²) in [5, 5.41) is 0. The van der Waals surface area contributed by atoms with Gasteiger partial charge < -0.3 is 18.9 Å². The molecule has 1 N–H and O–H groups in total. The SMILES string of the molecule is CC/C=C\C/C=C\C/C=C\C/C=C\C/C=C\C/C=C\C/C=C\C/C=C\C/C=C\CCCCCCCCCCCCCCCC(=O)OC(COC(=O)CCCCCCCC/C=C\C/C=C\C/C=C\C/C=C\CC)COP(=O)(O)OCC[N+](C)(C)C. The minimum atomic E-state index is -4.40. The normalized spacial score (nSPS) is 14.2. The number of carbonyl (C=O) groups is 2. The van der Waals surface area contributed by atoms with E-state index in [9.17, 15) is 19.0 Å². The summed E-state index contributed by atoms with van der Waals surface area (Å²) < 4.78 is 34.6. The van der Waals surface area contributed by atoms with Crippen molar-refractivity contribution in [1.29, 1.82) is 0 Å². The van der Waals surface area contributed by atoms with Gasteiger partial charge in [-0.15, -0.1) is 0 Å².